The molecule has 2 aromatic carbocycles. The van der Waals surface area contributed by atoms with Crippen LogP contribution in [0.4, 0.5) is 0 Å². The molecule has 4 atom stereocenters. The Morgan fingerprint density at radius 2 is 1.12 bits per heavy atom. The van der Waals surface area contributed by atoms with Crippen LogP contribution in [0.2, 0.25) is 0 Å². The van der Waals surface area contributed by atoms with Gasteiger partial charge in [0.1, 0.15) is 24.2 Å². The number of aliphatic hydroxyl groups is 2. The van der Waals surface area contributed by atoms with Crippen molar-refractivity contribution in [1.29, 1.82) is 0 Å². The number of carboxylic acid groups (broad SMARTS) is 1. The zero-order chi connectivity index (χ0) is 35.5. The van der Waals surface area contributed by atoms with Gasteiger partial charge in [-0.25, -0.2) is 4.79 Å². The summed E-state index contributed by atoms with van der Waals surface area (Å²) in [5, 5.41) is 41.4. The van der Waals surface area contributed by atoms with Crippen molar-refractivity contribution in [2.45, 2.75) is 37.0 Å². The molecule has 260 valence electrons. The number of carbonyl (C=O) groups is 6. The number of hydrogen-bond acceptors (Lipinski definition) is 9. The van der Waals surface area contributed by atoms with E-state index in [9.17, 15) is 39.0 Å². The predicted molar refractivity (Wildman–Crippen MR) is 176 cm³/mol. The molecule has 5 amide bonds. The largest absolute Gasteiger partial charge is 0.480 e. The molecular formula is C32H38N8O9. The second kappa shape index (κ2) is 16.9. The minimum atomic E-state index is -1.63. The molecule has 2 aromatic heterocycles. The van der Waals surface area contributed by atoms with Gasteiger partial charge < -0.3 is 57.6 Å². The number of hydrogen-bond donors (Lipinski definition) is 11. The monoisotopic (exact) mass is 678 g/mol. The number of aromatic nitrogens is 2. The van der Waals surface area contributed by atoms with Gasteiger partial charge in [0.2, 0.25) is 29.5 Å². The maximum Gasteiger partial charge on any atom is 0.328 e. The summed E-state index contributed by atoms with van der Waals surface area (Å²) in [7, 11) is 0. The molecule has 0 aliphatic carbocycles. The first-order chi connectivity index (χ1) is 23.5. The van der Waals surface area contributed by atoms with E-state index in [1.807, 2.05) is 36.4 Å². The van der Waals surface area contributed by atoms with Crippen LogP contribution >= 0.6 is 0 Å². The first kappa shape index (κ1) is 36.1. The number of aliphatic hydroxyl groups excluding tert-OH is 2. The van der Waals surface area contributed by atoms with Crippen LogP contribution in [-0.2, 0) is 41.6 Å². The van der Waals surface area contributed by atoms with E-state index in [-0.39, 0.29) is 12.8 Å². The Balaban J connectivity index is 1.54. The summed E-state index contributed by atoms with van der Waals surface area (Å²) < 4.78 is 0. The molecule has 0 fully saturated rings. The second-order valence-corrected chi connectivity index (χ2v) is 11.2. The Labute approximate surface area is 279 Å². The SMILES string of the molecule is N[C@@H](CO)C(=O)NCC(=O)NCC(=O)N[C@@H](Cc1c[nH]c2ccccc12)C(=O)N[C@@H](Cc1c[nH]c2ccccc12)C(=O)N[C@@H](CO)C(=O)O. The van der Waals surface area contributed by atoms with Gasteiger partial charge in [0.05, 0.1) is 26.3 Å². The summed E-state index contributed by atoms with van der Waals surface area (Å²) in [6.45, 7) is -2.61. The zero-order valence-electron chi connectivity index (χ0n) is 26.2. The standard InChI is InChI=1S/C32H38N8O9/c33-21(15-41)29(45)37-13-27(43)36-14-28(44)38-24(9-17-11-34-22-7-3-1-5-19(17)22)30(46)39-25(31(47)40-26(16-42)32(48)49)10-18-12-35-23-8-4-2-6-20(18)23/h1-8,11-12,21,24-26,34-35,41-42H,9-10,13-16,33H2,(H,36,43)(H,37,45)(H,38,44)(H,39,46)(H,40,47)(H,48,49)/t21-,24-,25-,26-/m0/s1. The first-order valence-corrected chi connectivity index (χ1v) is 15.2. The molecule has 0 aliphatic rings. The Morgan fingerprint density at radius 3 is 1.63 bits per heavy atom. The highest BCUT2D eigenvalue weighted by Gasteiger charge is 2.31. The lowest BCUT2D eigenvalue weighted by Crippen LogP contribution is -2.58. The number of fused-ring (bicyclic) bond motifs is 2. The molecule has 0 unspecified atom stereocenters. The maximum absolute atomic E-state index is 13.9. The third-order valence-corrected chi connectivity index (χ3v) is 7.68. The molecule has 49 heavy (non-hydrogen) atoms. The number of H-pyrrole nitrogens is 2. The van der Waals surface area contributed by atoms with Crippen molar-refractivity contribution in [3.8, 4) is 0 Å². The lowest BCUT2D eigenvalue weighted by atomic mass is 10.0. The quantitative estimate of drug-likeness (QED) is 0.0559. The van der Waals surface area contributed by atoms with Gasteiger partial charge in [0.25, 0.3) is 0 Å². The van der Waals surface area contributed by atoms with Gasteiger partial charge in [0.15, 0.2) is 0 Å². The van der Waals surface area contributed by atoms with Crippen molar-refractivity contribution < 1.29 is 44.1 Å². The van der Waals surface area contributed by atoms with Crippen molar-refractivity contribution in [2.75, 3.05) is 26.3 Å². The number of nitrogens with one attached hydrogen (secondary N) is 7. The first-order valence-electron chi connectivity index (χ1n) is 15.2. The third-order valence-electron chi connectivity index (χ3n) is 7.68. The number of benzene rings is 2. The van der Waals surface area contributed by atoms with E-state index in [2.05, 4.69) is 36.6 Å². The van der Waals surface area contributed by atoms with Crippen LogP contribution < -0.4 is 32.3 Å². The van der Waals surface area contributed by atoms with Crippen molar-refractivity contribution in [1.82, 2.24) is 36.6 Å². The van der Waals surface area contributed by atoms with E-state index < -0.39 is 86.0 Å². The van der Waals surface area contributed by atoms with Crippen LogP contribution in [0.25, 0.3) is 21.8 Å². The topological polar surface area (TPSA) is 281 Å². The lowest BCUT2D eigenvalue weighted by molar-refractivity contribution is -0.143. The summed E-state index contributed by atoms with van der Waals surface area (Å²) in [6.07, 6.45) is 3.22. The van der Waals surface area contributed by atoms with Crippen LogP contribution in [0.3, 0.4) is 0 Å². The second-order valence-electron chi connectivity index (χ2n) is 11.2. The molecule has 0 bridgehead atoms. The van der Waals surface area contributed by atoms with Crippen molar-refractivity contribution in [2.24, 2.45) is 5.73 Å². The zero-order valence-corrected chi connectivity index (χ0v) is 26.2. The van der Waals surface area contributed by atoms with Gasteiger partial charge in [0, 0.05) is 47.0 Å². The van der Waals surface area contributed by atoms with Crippen molar-refractivity contribution in [3.05, 3.63) is 72.1 Å². The van der Waals surface area contributed by atoms with Crippen LogP contribution in [0.5, 0.6) is 0 Å². The number of carboxylic acids is 1. The van der Waals surface area contributed by atoms with Crippen LogP contribution in [0, 0.1) is 0 Å². The summed E-state index contributed by atoms with van der Waals surface area (Å²) in [5.41, 5.74) is 8.24. The number of aromatic amines is 2. The summed E-state index contributed by atoms with van der Waals surface area (Å²) >= 11 is 0. The Morgan fingerprint density at radius 1 is 0.633 bits per heavy atom. The van der Waals surface area contributed by atoms with Gasteiger partial charge in [-0.2, -0.15) is 0 Å². The molecule has 0 aliphatic heterocycles. The third kappa shape index (κ3) is 9.63. The molecule has 17 nitrogen and oxygen atoms in total. The van der Waals surface area contributed by atoms with Crippen molar-refractivity contribution >= 4 is 57.3 Å². The van der Waals surface area contributed by atoms with Gasteiger partial charge in [-0.05, 0) is 23.3 Å². The van der Waals surface area contributed by atoms with E-state index >= 15 is 0 Å². The number of carbonyl (C=O) groups excluding carboxylic acids is 5. The smallest absolute Gasteiger partial charge is 0.328 e. The van der Waals surface area contributed by atoms with E-state index in [4.69, 9.17) is 10.8 Å². The summed E-state index contributed by atoms with van der Waals surface area (Å²) in [5.74, 6) is -5.42. The van der Waals surface area contributed by atoms with E-state index in [1.165, 1.54) is 0 Å². The highest BCUT2D eigenvalue weighted by atomic mass is 16.4. The number of para-hydroxylation sites is 2. The predicted octanol–water partition coefficient (Wildman–Crippen LogP) is -2.48. The molecular weight excluding hydrogens is 640 g/mol. The lowest BCUT2D eigenvalue weighted by Gasteiger charge is -2.24. The number of rotatable bonds is 17. The number of aliphatic carboxylic acids is 1. The Bertz CT molecular complexity index is 1820. The maximum atomic E-state index is 13.9. The number of nitrogens with two attached hydrogens (primary N) is 1. The van der Waals surface area contributed by atoms with Gasteiger partial charge in [-0.1, -0.05) is 36.4 Å². The molecule has 12 N–H and O–H groups in total. The fraction of sp³-hybridized carbons (Fsp3) is 0.312. The van der Waals surface area contributed by atoms with Gasteiger partial charge in [-0.3, -0.25) is 24.0 Å². The summed E-state index contributed by atoms with van der Waals surface area (Å²) in [4.78, 5) is 82.0. The van der Waals surface area contributed by atoms with E-state index in [0.717, 1.165) is 21.8 Å². The summed E-state index contributed by atoms with van der Waals surface area (Å²) in [6, 6.07) is 9.05. The molecule has 4 rings (SSSR count). The molecule has 4 aromatic rings. The van der Waals surface area contributed by atoms with Crippen LogP contribution in [0.1, 0.15) is 11.1 Å². The Kier molecular flexibility index (Phi) is 12.4. The molecule has 0 saturated carbocycles. The highest BCUT2D eigenvalue weighted by Crippen LogP contribution is 2.21. The molecule has 0 saturated heterocycles. The minimum Gasteiger partial charge on any atom is -0.480 e. The van der Waals surface area contributed by atoms with E-state index in [0.29, 0.717) is 11.1 Å². The van der Waals surface area contributed by atoms with Gasteiger partial charge in [-0.15, -0.1) is 0 Å². The highest BCUT2D eigenvalue weighted by molar-refractivity contribution is 5.96. The minimum absolute atomic E-state index is 0.0412. The van der Waals surface area contributed by atoms with E-state index in [1.54, 1.807) is 24.5 Å². The van der Waals surface area contributed by atoms with Crippen LogP contribution in [-0.4, -0.2) is 111 Å². The van der Waals surface area contributed by atoms with Crippen molar-refractivity contribution in [3.63, 3.8) is 0 Å². The van der Waals surface area contributed by atoms with Crippen LogP contribution in [0.15, 0.2) is 60.9 Å². The molecule has 17 heteroatoms. The fourth-order valence-electron chi connectivity index (χ4n) is 5.06. The molecule has 2 heterocycles. The molecule has 0 radical (unpaired) electrons. The number of amides is 5. The fourth-order valence-corrected chi connectivity index (χ4v) is 5.06. The average molecular weight is 679 g/mol. The average Bonchev–Trinajstić information content (AvgIpc) is 3.71. The Hall–Kier alpha value is -5.78. The molecule has 0 spiro atoms. The van der Waals surface area contributed by atoms with Gasteiger partial charge >= 0.3 is 5.97 Å². The normalized spacial score (nSPS) is 13.5.